The van der Waals surface area contributed by atoms with Gasteiger partial charge < -0.3 is 10.2 Å². The predicted octanol–water partition coefficient (Wildman–Crippen LogP) is 1.96. The molecule has 2 fully saturated rings. The molecular weight excluding hydrogens is 184 g/mol. The van der Waals surface area contributed by atoms with Gasteiger partial charge in [-0.1, -0.05) is 20.8 Å². The number of likely N-dealkylation sites (tertiary alicyclic amines) is 1. The van der Waals surface area contributed by atoms with Crippen LogP contribution in [-0.4, -0.2) is 37.6 Å². The van der Waals surface area contributed by atoms with E-state index in [2.05, 4.69) is 31.0 Å². The minimum atomic E-state index is 0.593. The SMILES string of the molecule is CC1CNCC1CN1CCC(C)(C)CC1. The highest BCUT2D eigenvalue weighted by molar-refractivity contribution is 4.84. The maximum Gasteiger partial charge on any atom is 0.00248 e. The lowest BCUT2D eigenvalue weighted by Crippen LogP contribution is -2.41. The van der Waals surface area contributed by atoms with Crippen LogP contribution in [0.3, 0.4) is 0 Å². The highest BCUT2D eigenvalue weighted by Gasteiger charge is 2.29. The third-order valence-corrected chi connectivity index (χ3v) is 4.38. The average molecular weight is 210 g/mol. The van der Waals surface area contributed by atoms with Crippen LogP contribution in [0.5, 0.6) is 0 Å². The van der Waals surface area contributed by atoms with Crippen molar-refractivity contribution in [2.24, 2.45) is 17.3 Å². The van der Waals surface area contributed by atoms with E-state index in [1.807, 2.05) is 0 Å². The molecule has 0 aromatic heterocycles. The van der Waals surface area contributed by atoms with Crippen LogP contribution in [0.1, 0.15) is 33.6 Å². The van der Waals surface area contributed by atoms with Crippen molar-refractivity contribution in [2.75, 3.05) is 32.7 Å². The van der Waals surface area contributed by atoms with E-state index in [-0.39, 0.29) is 0 Å². The maximum absolute atomic E-state index is 3.50. The average Bonchev–Trinajstić information content (AvgIpc) is 2.56. The lowest BCUT2D eigenvalue weighted by molar-refractivity contribution is 0.113. The molecule has 0 radical (unpaired) electrons. The van der Waals surface area contributed by atoms with Crippen molar-refractivity contribution in [3.63, 3.8) is 0 Å². The molecule has 2 saturated heterocycles. The zero-order valence-electron chi connectivity index (χ0n) is 10.6. The van der Waals surface area contributed by atoms with Gasteiger partial charge in [0.2, 0.25) is 0 Å². The third-order valence-electron chi connectivity index (χ3n) is 4.38. The van der Waals surface area contributed by atoms with E-state index in [1.54, 1.807) is 0 Å². The summed E-state index contributed by atoms with van der Waals surface area (Å²) in [6.07, 6.45) is 2.75. The molecule has 0 saturated carbocycles. The fraction of sp³-hybridized carbons (Fsp3) is 1.00. The summed E-state index contributed by atoms with van der Waals surface area (Å²) in [6, 6.07) is 0. The maximum atomic E-state index is 3.50. The van der Waals surface area contributed by atoms with Crippen molar-refractivity contribution >= 4 is 0 Å². The molecule has 2 heteroatoms. The second-order valence-electron chi connectivity index (χ2n) is 6.36. The topological polar surface area (TPSA) is 15.3 Å². The molecule has 1 N–H and O–H groups in total. The molecule has 2 atom stereocenters. The fourth-order valence-electron chi connectivity index (χ4n) is 2.78. The van der Waals surface area contributed by atoms with E-state index in [9.17, 15) is 0 Å². The van der Waals surface area contributed by atoms with Crippen LogP contribution in [-0.2, 0) is 0 Å². The minimum Gasteiger partial charge on any atom is -0.316 e. The number of hydrogen-bond donors (Lipinski definition) is 1. The highest BCUT2D eigenvalue weighted by atomic mass is 15.1. The van der Waals surface area contributed by atoms with Gasteiger partial charge in [-0.25, -0.2) is 0 Å². The molecule has 2 unspecified atom stereocenters. The Morgan fingerprint density at radius 3 is 2.40 bits per heavy atom. The first-order valence-corrected chi connectivity index (χ1v) is 6.50. The Kier molecular flexibility index (Phi) is 3.36. The van der Waals surface area contributed by atoms with E-state index in [4.69, 9.17) is 0 Å². The molecule has 0 amide bonds. The summed E-state index contributed by atoms with van der Waals surface area (Å²) in [5, 5.41) is 3.50. The molecule has 88 valence electrons. The summed E-state index contributed by atoms with van der Waals surface area (Å²) in [5.41, 5.74) is 0.593. The number of nitrogens with zero attached hydrogens (tertiary/aromatic N) is 1. The third kappa shape index (κ3) is 2.94. The van der Waals surface area contributed by atoms with Crippen LogP contribution < -0.4 is 5.32 Å². The molecule has 0 bridgehead atoms. The Morgan fingerprint density at radius 2 is 1.87 bits per heavy atom. The molecule has 2 aliphatic rings. The van der Waals surface area contributed by atoms with E-state index in [0.717, 1.165) is 11.8 Å². The second kappa shape index (κ2) is 4.42. The molecule has 2 aliphatic heterocycles. The summed E-state index contributed by atoms with van der Waals surface area (Å²) in [5.74, 6) is 1.77. The normalized spacial score (nSPS) is 37.0. The summed E-state index contributed by atoms with van der Waals surface area (Å²) in [7, 11) is 0. The van der Waals surface area contributed by atoms with Gasteiger partial charge in [0.05, 0.1) is 0 Å². The summed E-state index contributed by atoms with van der Waals surface area (Å²) in [4.78, 5) is 2.68. The van der Waals surface area contributed by atoms with Crippen molar-refractivity contribution < 1.29 is 0 Å². The van der Waals surface area contributed by atoms with Crippen LogP contribution in [0, 0.1) is 17.3 Å². The Hall–Kier alpha value is -0.0800. The van der Waals surface area contributed by atoms with E-state index >= 15 is 0 Å². The van der Waals surface area contributed by atoms with Gasteiger partial charge in [0.15, 0.2) is 0 Å². The van der Waals surface area contributed by atoms with Crippen molar-refractivity contribution in [2.45, 2.75) is 33.6 Å². The number of hydrogen-bond acceptors (Lipinski definition) is 2. The van der Waals surface area contributed by atoms with Gasteiger partial charge in [-0.05, 0) is 56.3 Å². The summed E-state index contributed by atoms with van der Waals surface area (Å²) >= 11 is 0. The Morgan fingerprint density at radius 1 is 1.20 bits per heavy atom. The second-order valence-corrected chi connectivity index (χ2v) is 6.36. The molecular formula is C13H26N2. The molecule has 0 aliphatic carbocycles. The van der Waals surface area contributed by atoms with E-state index in [0.29, 0.717) is 5.41 Å². The van der Waals surface area contributed by atoms with Crippen molar-refractivity contribution in [3.8, 4) is 0 Å². The van der Waals surface area contributed by atoms with Crippen LogP contribution >= 0.6 is 0 Å². The lowest BCUT2D eigenvalue weighted by Gasteiger charge is -2.38. The van der Waals surface area contributed by atoms with E-state index < -0.39 is 0 Å². The fourth-order valence-corrected chi connectivity index (χ4v) is 2.78. The highest BCUT2D eigenvalue weighted by Crippen LogP contribution is 2.30. The number of rotatable bonds is 2. The summed E-state index contributed by atoms with van der Waals surface area (Å²) < 4.78 is 0. The molecule has 2 rings (SSSR count). The minimum absolute atomic E-state index is 0.593. The first kappa shape index (κ1) is 11.4. The van der Waals surface area contributed by atoms with Gasteiger partial charge >= 0.3 is 0 Å². The molecule has 0 spiro atoms. The van der Waals surface area contributed by atoms with Gasteiger partial charge in [-0.3, -0.25) is 0 Å². The molecule has 0 aromatic carbocycles. The zero-order valence-corrected chi connectivity index (χ0v) is 10.6. The quantitative estimate of drug-likeness (QED) is 0.749. The van der Waals surface area contributed by atoms with Gasteiger partial charge in [-0.2, -0.15) is 0 Å². The van der Waals surface area contributed by atoms with Gasteiger partial charge in [0.1, 0.15) is 0 Å². The number of piperidine rings is 1. The van der Waals surface area contributed by atoms with E-state index in [1.165, 1.54) is 45.6 Å². The van der Waals surface area contributed by atoms with Crippen LogP contribution in [0.4, 0.5) is 0 Å². The Balaban J connectivity index is 1.77. The molecule has 2 heterocycles. The molecule has 0 aromatic rings. The van der Waals surface area contributed by atoms with Crippen LogP contribution in [0.15, 0.2) is 0 Å². The standard InChI is InChI=1S/C13H26N2/c1-11-8-14-9-12(11)10-15-6-4-13(2,3)5-7-15/h11-12,14H,4-10H2,1-3H3. The summed E-state index contributed by atoms with van der Waals surface area (Å²) in [6.45, 7) is 13.6. The number of nitrogens with one attached hydrogen (secondary N) is 1. The van der Waals surface area contributed by atoms with Crippen LogP contribution in [0.25, 0.3) is 0 Å². The van der Waals surface area contributed by atoms with Crippen molar-refractivity contribution in [1.82, 2.24) is 10.2 Å². The molecule has 15 heavy (non-hydrogen) atoms. The Bertz CT molecular complexity index is 203. The lowest BCUT2D eigenvalue weighted by atomic mass is 9.82. The predicted molar refractivity (Wildman–Crippen MR) is 65.0 cm³/mol. The smallest absolute Gasteiger partial charge is 0.00248 e. The molecule has 2 nitrogen and oxygen atoms in total. The first-order valence-electron chi connectivity index (χ1n) is 6.50. The zero-order chi connectivity index (χ0) is 10.9. The van der Waals surface area contributed by atoms with Crippen molar-refractivity contribution in [1.29, 1.82) is 0 Å². The van der Waals surface area contributed by atoms with Gasteiger partial charge in [0, 0.05) is 6.54 Å². The van der Waals surface area contributed by atoms with Crippen LogP contribution in [0.2, 0.25) is 0 Å². The monoisotopic (exact) mass is 210 g/mol. The largest absolute Gasteiger partial charge is 0.316 e. The Labute approximate surface area is 94.4 Å². The van der Waals surface area contributed by atoms with Gasteiger partial charge in [0.25, 0.3) is 0 Å². The van der Waals surface area contributed by atoms with Gasteiger partial charge in [-0.15, -0.1) is 0 Å². The first-order chi connectivity index (χ1) is 7.07. The van der Waals surface area contributed by atoms with Crippen molar-refractivity contribution in [3.05, 3.63) is 0 Å².